The molecule has 0 bridgehead atoms. The monoisotopic (exact) mass is 294 g/mol. The predicted octanol–water partition coefficient (Wildman–Crippen LogP) is 2.92. The lowest BCUT2D eigenvalue weighted by Gasteiger charge is -2.19. The number of hydrogen-bond acceptors (Lipinski definition) is 3. The largest absolute Gasteiger partial charge is 0.494 e. The van der Waals surface area contributed by atoms with E-state index in [4.69, 9.17) is 4.74 Å². The van der Waals surface area contributed by atoms with E-state index in [9.17, 15) is 9.90 Å². The minimum Gasteiger partial charge on any atom is -0.494 e. The van der Waals surface area contributed by atoms with Gasteiger partial charge in [-0.05, 0) is 49.9 Å². The van der Waals surface area contributed by atoms with Crippen LogP contribution in [0.25, 0.3) is 0 Å². The SMILES string of the molecule is CCOc1ccc(NC(=O)NC(CO)CC(C)C)c(C)c1. The fourth-order valence-electron chi connectivity index (χ4n) is 2.12. The van der Waals surface area contributed by atoms with Crippen molar-refractivity contribution in [2.75, 3.05) is 18.5 Å². The molecule has 0 heterocycles. The number of amides is 2. The van der Waals surface area contributed by atoms with Crippen molar-refractivity contribution in [2.45, 2.75) is 40.2 Å². The summed E-state index contributed by atoms with van der Waals surface area (Å²) in [5.41, 5.74) is 1.66. The molecule has 5 heteroatoms. The third kappa shape index (κ3) is 6.04. The van der Waals surface area contributed by atoms with E-state index in [1.165, 1.54) is 0 Å². The molecule has 3 N–H and O–H groups in total. The van der Waals surface area contributed by atoms with E-state index in [0.29, 0.717) is 12.5 Å². The predicted molar refractivity (Wildman–Crippen MR) is 84.8 cm³/mol. The summed E-state index contributed by atoms with van der Waals surface area (Å²) in [5, 5.41) is 14.9. The Hall–Kier alpha value is -1.75. The zero-order valence-electron chi connectivity index (χ0n) is 13.3. The number of nitrogens with one attached hydrogen (secondary N) is 2. The highest BCUT2D eigenvalue weighted by molar-refractivity contribution is 5.90. The van der Waals surface area contributed by atoms with Crippen molar-refractivity contribution in [3.8, 4) is 5.75 Å². The van der Waals surface area contributed by atoms with Gasteiger partial charge in [-0.15, -0.1) is 0 Å². The van der Waals surface area contributed by atoms with Crippen LogP contribution in [0.1, 0.15) is 32.8 Å². The first kappa shape index (κ1) is 17.3. The highest BCUT2D eigenvalue weighted by Crippen LogP contribution is 2.21. The molecule has 1 rings (SSSR count). The number of rotatable bonds is 7. The van der Waals surface area contributed by atoms with Gasteiger partial charge < -0.3 is 20.5 Å². The normalized spacial score (nSPS) is 12.1. The van der Waals surface area contributed by atoms with Gasteiger partial charge in [0.1, 0.15) is 5.75 Å². The number of aliphatic hydroxyl groups excluding tert-OH is 1. The van der Waals surface area contributed by atoms with Gasteiger partial charge in [0.15, 0.2) is 0 Å². The molecule has 21 heavy (non-hydrogen) atoms. The van der Waals surface area contributed by atoms with Crippen LogP contribution in [0.4, 0.5) is 10.5 Å². The molecule has 1 aromatic carbocycles. The topological polar surface area (TPSA) is 70.6 Å². The standard InChI is InChI=1S/C16H26N2O3/c1-5-21-14-6-7-15(12(4)9-14)18-16(20)17-13(10-19)8-11(2)3/h6-7,9,11,13,19H,5,8,10H2,1-4H3,(H2,17,18,20). The second-order valence-electron chi connectivity index (χ2n) is 5.52. The van der Waals surface area contributed by atoms with Gasteiger partial charge in [0.25, 0.3) is 0 Å². The molecule has 1 unspecified atom stereocenters. The maximum absolute atomic E-state index is 12.0. The number of anilines is 1. The summed E-state index contributed by atoms with van der Waals surface area (Å²) in [6.07, 6.45) is 0.742. The summed E-state index contributed by atoms with van der Waals surface area (Å²) < 4.78 is 5.41. The summed E-state index contributed by atoms with van der Waals surface area (Å²) in [6, 6.07) is 4.99. The van der Waals surface area contributed by atoms with Gasteiger partial charge in [-0.1, -0.05) is 13.8 Å². The average Bonchev–Trinajstić information content (AvgIpc) is 2.41. The van der Waals surface area contributed by atoms with Crippen molar-refractivity contribution in [3.63, 3.8) is 0 Å². The van der Waals surface area contributed by atoms with Gasteiger partial charge >= 0.3 is 6.03 Å². The lowest BCUT2D eigenvalue weighted by molar-refractivity contribution is 0.214. The Balaban J connectivity index is 2.61. The number of aliphatic hydroxyl groups is 1. The van der Waals surface area contributed by atoms with Crippen LogP contribution >= 0.6 is 0 Å². The van der Waals surface area contributed by atoms with E-state index < -0.39 is 0 Å². The summed E-state index contributed by atoms with van der Waals surface area (Å²) in [5.74, 6) is 1.20. The van der Waals surface area contributed by atoms with Gasteiger partial charge in [0.2, 0.25) is 0 Å². The highest BCUT2D eigenvalue weighted by atomic mass is 16.5. The number of benzene rings is 1. The first-order chi connectivity index (χ1) is 9.96. The Bertz CT molecular complexity index is 461. The van der Waals surface area contributed by atoms with E-state index in [-0.39, 0.29) is 18.7 Å². The van der Waals surface area contributed by atoms with Gasteiger partial charge in [0.05, 0.1) is 19.3 Å². The number of carbonyl (C=O) groups excluding carboxylic acids is 1. The second-order valence-corrected chi connectivity index (χ2v) is 5.52. The summed E-state index contributed by atoms with van der Waals surface area (Å²) >= 11 is 0. The average molecular weight is 294 g/mol. The van der Waals surface area contributed by atoms with Crippen LogP contribution in [-0.4, -0.2) is 30.4 Å². The number of aryl methyl sites for hydroxylation is 1. The molecule has 0 aliphatic rings. The quantitative estimate of drug-likeness (QED) is 0.724. The maximum atomic E-state index is 12.0. The molecular formula is C16H26N2O3. The van der Waals surface area contributed by atoms with Crippen molar-refractivity contribution in [2.24, 2.45) is 5.92 Å². The highest BCUT2D eigenvalue weighted by Gasteiger charge is 2.13. The molecule has 0 saturated heterocycles. The number of carbonyl (C=O) groups is 1. The van der Waals surface area contributed by atoms with Crippen molar-refractivity contribution in [3.05, 3.63) is 23.8 Å². The molecule has 0 radical (unpaired) electrons. The fourth-order valence-corrected chi connectivity index (χ4v) is 2.12. The van der Waals surface area contributed by atoms with Gasteiger partial charge in [-0.3, -0.25) is 0 Å². The molecule has 0 aliphatic heterocycles. The molecule has 1 aromatic rings. The Morgan fingerprint density at radius 2 is 2.10 bits per heavy atom. The Labute approximate surface area is 126 Å². The fraction of sp³-hybridized carbons (Fsp3) is 0.562. The van der Waals surface area contributed by atoms with E-state index in [0.717, 1.165) is 23.4 Å². The maximum Gasteiger partial charge on any atom is 0.319 e. The summed E-state index contributed by atoms with van der Waals surface area (Å²) in [4.78, 5) is 12.0. The number of urea groups is 1. The number of hydrogen-bond donors (Lipinski definition) is 3. The molecule has 118 valence electrons. The summed E-state index contributed by atoms with van der Waals surface area (Å²) in [7, 11) is 0. The second kappa shape index (κ2) is 8.52. The van der Waals surface area contributed by atoms with Crippen LogP contribution in [0.3, 0.4) is 0 Å². The van der Waals surface area contributed by atoms with Crippen molar-refractivity contribution < 1.29 is 14.6 Å². The molecule has 0 aromatic heterocycles. The van der Waals surface area contributed by atoms with Crippen molar-refractivity contribution in [1.29, 1.82) is 0 Å². The van der Waals surface area contributed by atoms with Gasteiger partial charge in [-0.25, -0.2) is 4.79 Å². The van der Waals surface area contributed by atoms with Crippen LogP contribution in [-0.2, 0) is 0 Å². The molecule has 0 spiro atoms. The molecule has 0 aliphatic carbocycles. The zero-order chi connectivity index (χ0) is 15.8. The minimum atomic E-state index is -0.304. The van der Waals surface area contributed by atoms with Crippen LogP contribution in [0.5, 0.6) is 5.75 Å². The Morgan fingerprint density at radius 3 is 2.62 bits per heavy atom. The van der Waals surface area contributed by atoms with Crippen molar-refractivity contribution >= 4 is 11.7 Å². The molecule has 0 fully saturated rings. The Kier molecular flexibility index (Phi) is 7.02. The van der Waals surface area contributed by atoms with Gasteiger partial charge in [-0.2, -0.15) is 0 Å². The van der Waals surface area contributed by atoms with E-state index in [2.05, 4.69) is 24.5 Å². The smallest absolute Gasteiger partial charge is 0.319 e. The lowest BCUT2D eigenvalue weighted by atomic mass is 10.0. The molecule has 1 atom stereocenters. The van der Waals surface area contributed by atoms with Crippen LogP contribution < -0.4 is 15.4 Å². The molecular weight excluding hydrogens is 268 g/mol. The van der Waals surface area contributed by atoms with Crippen LogP contribution in [0, 0.1) is 12.8 Å². The summed E-state index contributed by atoms with van der Waals surface area (Å²) in [6.45, 7) is 8.50. The first-order valence-corrected chi connectivity index (χ1v) is 7.38. The molecule has 2 amide bonds. The van der Waals surface area contributed by atoms with Crippen LogP contribution in [0.2, 0.25) is 0 Å². The minimum absolute atomic E-state index is 0.0616. The molecule has 5 nitrogen and oxygen atoms in total. The van der Waals surface area contributed by atoms with E-state index >= 15 is 0 Å². The van der Waals surface area contributed by atoms with E-state index in [1.807, 2.05) is 32.0 Å². The first-order valence-electron chi connectivity index (χ1n) is 7.38. The number of ether oxygens (including phenoxy) is 1. The van der Waals surface area contributed by atoms with E-state index in [1.54, 1.807) is 0 Å². The third-order valence-corrected chi connectivity index (χ3v) is 3.07. The van der Waals surface area contributed by atoms with Crippen molar-refractivity contribution in [1.82, 2.24) is 5.32 Å². The Morgan fingerprint density at radius 1 is 1.38 bits per heavy atom. The molecule has 0 saturated carbocycles. The van der Waals surface area contributed by atoms with Gasteiger partial charge in [0, 0.05) is 5.69 Å². The zero-order valence-corrected chi connectivity index (χ0v) is 13.3. The van der Waals surface area contributed by atoms with Crippen LogP contribution in [0.15, 0.2) is 18.2 Å². The third-order valence-electron chi connectivity index (χ3n) is 3.07. The lowest BCUT2D eigenvalue weighted by Crippen LogP contribution is -2.41.